The number of hydrogen-bond donors (Lipinski definition) is 0. The van der Waals surface area contributed by atoms with Crippen molar-refractivity contribution in [1.82, 2.24) is 14.5 Å². The zero-order chi connectivity index (χ0) is 13.7. The standard InChI is InChI=1S/C15H19FN4/c1-2-18-6-7-20-13(10-18)14(16)12-8-11(9-17-15(12)20)19-4-3-5-19/h8-9H,2-7,10H2,1H3. The minimum Gasteiger partial charge on any atom is -0.370 e. The number of anilines is 1. The quantitative estimate of drug-likeness (QED) is 0.839. The van der Waals surface area contributed by atoms with E-state index < -0.39 is 0 Å². The van der Waals surface area contributed by atoms with E-state index in [0.29, 0.717) is 11.9 Å². The van der Waals surface area contributed by atoms with Gasteiger partial charge in [0.1, 0.15) is 5.65 Å². The first-order chi connectivity index (χ1) is 9.78. The summed E-state index contributed by atoms with van der Waals surface area (Å²) in [4.78, 5) is 9.05. The molecule has 5 heteroatoms. The van der Waals surface area contributed by atoms with E-state index in [4.69, 9.17) is 0 Å². The van der Waals surface area contributed by atoms with Gasteiger partial charge in [-0.05, 0) is 19.0 Å². The Morgan fingerprint density at radius 3 is 2.80 bits per heavy atom. The minimum atomic E-state index is -0.0759. The Hall–Kier alpha value is -1.62. The van der Waals surface area contributed by atoms with Gasteiger partial charge in [0.05, 0.1) is 23.0 Å². The predicted octanol–water partition coefficient (Wildman–Crippen LogP) is 2.22. The van der Waals surface area contributed by atoms with Gasteiger partial charge in [0.25, 0.3) is 0 Å². The van der Waals surface area contributed by atoms with Crippen molar-refractivity contribution < 1.29 is 4.39 Å². The van der Waals surface area contributed by atoms with Crippen LogP contribution in [0.15, 0.2) is 12.3 Å². The maximum absolute atomic E-state index is 14.7. The lowest BCUT2D eigenvalue weighted by Gasteiger charge is -2.32. The van der Waals surface area contributed by atoms with Gasteiger partial charge in [-0.15, -0.1) is 0 Å². The highest BCUT2D eigenvalue weighted by atomic mass is 19.1. The van der Waals surface area contributed by atoms with Crippen molar-refractivity contribution in [2.45, 2.75) is 26.4 Å². The molecule has 0 N–H and O–H groups in total. The van der Waals surface area contributed by atoms with Crippen LogP contribution >= 0.6 is 0 Å². The Balaban J connectivity index is 1.82. The first-order valence-corrected chi connectivity index (χ1v) is 7.42. The van der Waals surface area contributed by atoms with E-state index in [1.165, 1.54) is 6.42 Å². The average molecular weight is 274 g/mol. The molecular weight excluding hydrogens is 255 g/mol. The van der Waals surface area contributed by atoms with Crippen molar-refractivity contribution >= 4 is 16.7 Å². The number of fused-ring (bicyclic) bond motifs is 3. The van der Waals surface area contributed by atoms with Crippen molar-refractivity contribution in [2.24, 2.45) is 0 Å². The Kier molecular flexibility index (Phi) is 2.70. The van der Waals surface area contributed by atoms with Crippen LogP contribution in [0.2, 0.25) is 0 Å². The monoisotopic (exact) mass is 274 g/mol. The molecule has 0 saturated carbocycles. The highest BCUT2D eigenvalue weighted by molar-refractivity contribution is 5.82. The highest BCUT2D eigenvalue weighted by Gasteiger charge is 2.25. The number of pyridine rings is 1. The lowest BCUT2D eigenvalue weighted by Crippen LogP contribution is -2.37. The highest BCUT2D eigenvalue weighted by Crippen LogP contribution is 2.30. The third-order valence-corrected chi connectivity index (χ3v) is 4.61. The normalized spacial score (nSPS) is 19.2. The molecule has 4 heterocycles. The summed E-state index contributed by atoms with van der Waals surface area (Å²) < 4.78 is 16.7. The fraction of sp³-hybridized carbons (Fsp3) is 0.533. The van der Waals surface area contributed by atoms with Crippen LogP contribution in [0.3, 0.4) is 0 Å². The summed E-state index contributed by atoms with van der Waals surface area (Å²) in [6, 6.07) is 1.97. The van der Waals surface area contributed by atoms with Gasteiger partial charge in [0.15, 0.2) is 5.82 Å². The second-order valence-electron chi connectivity index (χ2n) is 5.69. The van der Waals surface area contributed by atoms with E-state index >= 15 is 0 Å². The second-order valence-corrected chi connectivity index (χ2v) is 5.69. The molecule has 2 aromatic heterocycles. The van der Waals surface area contributed by atoms with Crippen LogP contribution in [-0.2, 0) is 13.1 Å². The van der Waals surface area contributed by atoms with Gasteiger partial charge in [-0.3, -0.25) is 4.90 Å². The summed E-state index contributed by atoms with van der Waals surface area (Å²) in [7, 11) is 0. The lowest BCUT2D eigenvalue weighted by molar-refractivity contribution is 0.229. The fourth-order valence-corrected chi connectivity index (χ4v) is 3.17. The van der Waals surface area contributed by atoms with Crippen LogP contribution in [0.1, 0.15) is 19.0 Å². The molecule has 0 radical (unpaired) electrons. The second kappa shape index (κ2) is 4.45. The summed E-state index contributed by atoms with van der Waals surface area (Å²) in [5.41, 5.74) is 2.65. The van der Waals surface area contributed by atoms with Crippen LogP contribution in [0.5, 0.6) is 0 Å². The maximum atomic E-state index is 14.7. The van der Waals surface area contributed by atoms with Gasteiger partial charge < -0.3 is 9.47 Å². The Labute approximate surface area is 117 Å². The van der Waals surface area contributed by atoms with Gasteiger partial charge >= 0.3 is 0 Å². The van der Waals surface area contributed by atoms with E-state index in [2.05, 4.69) is 26.3 Å². The first kappa shape index (κ1) is 12.1. The van der Waals surface area contributed by atoms with E-state index in [1.54, 1.807) is 0 Å². The van der Waals surface area contributed by atoms with Crippen molar-refractivity contribution in [1.29, 1.82) is 0 Å². The van der Waals surface area contributed by atoms with E-state index in [9.17, 15) is 4.39 Å². The van der Waals surface area contributed by atoms with Gasteiger partial charge in [-0.1, -0.05) is 6.92 Å². The number of rotatable bonds is 2. The zero-order valence-corrected chi connectivity index (χ0v) is 11.8. The first-order valence-electron chi connectivity index (χ1n) is 7.42. The largest absolute Gasteiger partial charge is 0.370 e. The van der Waals surface area contributed by atoms with Crippen LogP contribution < -0.4 is 4.90 Å². The Bertz CT molecular complexity index is 659. The van der Waals surface area contributed by atoms with Crippen molar-refractivity contribution in [3.63, 3.8) is 0 Å². The van der Waals surface area contributed by atoms with Crippen LogP contribution in [0.25, 0.3) is 11.0 Å². The smallest absolute Gasteiger partial charge is 0.155 e. The number of likely N-dealkylation sites (N-methyl/N-ethyl adjacent to an activating group) is 1. The molecule has 0 atom stereocenters. The molecule has 0 unspecified atom stereocenters. The Morgan fingerprint density at radius 1 is 1.25 bits per heavy atom. The summed E-state index contributed by atoms with van der Waals surface area (Å²) in [6.07, 6.45) is 3.11. The molecule has 1 fully saturated rings. The summed E-state index contributed by atoms with van der Waals surface area (Å²) in [6.45, 7) is 7.71. The minimum absolute atomic E-state index is 0.0759. The third kappa shape index (κ3) is 1.66. The molecule has 2 aliphatic rings. The molecule has 2 aromatic rings. The average Bonchev–Trinajstić information content (AvgIpc) is 2.70. The fourth-order valence-electron chi connectivity index (χ4n) is 3.17. The van der Waals surface area contributed by atoms with E-state index in [-0.39, 0.29) is 5.82 Å². The van der Waals surface area contributed by atoms with E-state index in [0.717, 1.165) is 49.8 Å². The number of aromatic nitrogens is 2. The van der Waals surface area contributed by atoms with Gasteiger partial charge in [0.2, 0.25) is 0 Å². The summed E-state index contributed by atoms with van der Waals surface area (Å²) in [5, 5.41) is 0.683. The van der Waals surface area contributed by atoms with E-state index in [1.807, 2.05) is 12.3 Å². The lowest BCUT2D eigenvalue weighted by atomic mass is 10.2. The van der Waals surface area contributed by atoms with Gasteiger partial charge in [-0.2, -0.15) is 0 Å². The maximum Gasteiger partial charge on any atom is 0.155 e. The summed E-state index contributed by atoms with van der Waals surface area (Å²) in [5.74, 6) is -0.0759. The van der Waals surface area contributed by atoms with Crippen LogP contribution in [0.4, 0.5) is 10.1 Å². The molecule has 0 bridgehead atoms. The molecule has 4 rings (SSSR count). The Morgan fingerprint density at radius 2 is 2.10 bits per heavy atom. The number of nitrogens with zero attached hydrogens (tertiary/aromatic N) is 4. The van der Waals surface area contributed by atoms with Crippen molar-refractivity contribution in [3.05, 3.63) is 23.8 Å². The summed E-state index contributed by atoms with van der Waals surface area (Å²) >= 11 is 0. The predicted molar refractivity (Wildman–Crippen MR) is 77.5 cm³/mol. The third-order valence-electron chi connectivity index (χ3n) is 4.61. The molecule has 106 valence electrons. The molecule has 1 saturated heterocycles. The van der Waals surface area contributed by atoms with Crippen molar-refractivity contribution in [2.75, 3.05) is 31.1 Å². The van der Waals surface area contributed by atoms with Crippen LogP contribution in [-0.4, -0.2) is 40.6 Å². The van der Waals surface area contributed by atoms with Gasteiger partial charge in [0, 0.05) is 32.7 Å². The molecule has 4 nitrogen and oxygen atoms in total. The number of halogens is 1. The molecule has 0 aliphatic carbocycles. The molecule has 0 spiro atoms. The van der Waals surface area contributed by atoms with Gasteiger partial charge in [-0.25, -0.2) is 9.37 Å². The molecular formula is C15H19FN4. The molecule has 0 aromatic carbocycles. The zero-order valence-electron chi connectivity index (χ0n) is 11.8. The topological polar surface area (TPSA) is 24.3 Å². The molecule has 0 amide bonds. The number of hydrogen-bond acceptors (Lipinski definition) is 3. The SMILES string of the molecule is CCN1CCn2c(c(F)c3cc(N4CCC4)cnc32)C1. The van der Waals surface area contributed by atoms with Crippen LogP contribution in [0, 0.1) is 5.82 Å². The molecule has 20 heavy (non-hydrogen) atoms. The van der Waals surface area contributed by atoms with Crippen molar-refractivity contribution in [3.8, 4) is 0 Å². The molecule has 2 aliphatic heterocycles.